The molecular weight excluding hydrogens is 323 g/mol. The van der Waals surface area contributed by atoms with Gasteiger partial charge >= 0.3 is 0 Å². The van der Waals surface area contributed by atoms with Crippen LogP contribution in [0.4, 0.5) is 0 Å². The van der Waals surface area contributed by atoms with E-state index in [-0.39, 0.29) is 30.7 Å². The molecule has 0 spiro atoms. The summed E-state index contributed by atoms with van der Waals surface area (Å²) < 4.78 is 0. The topological polar surface area (TPSA) is 75.0 Å². The summed E-state index contributed by atoms with van der Waals surface area (Å²) in [6, 6.07) is 2.05. The number of rotatable bonds is 3. The number of H-pyrrole nitrogens is 1. The maximum Gasteiger partial charge on any atom is 0.226 e. The molecule has 0 bridgehead atoms. The average molecular weight is 349 g/mol. The Bertz CT molecular complexity index is 446. The zero-order valence-electron chi connectivity index (χ0n) is 12.7. The van der Waals surface area contributed by atoms with E-state index in [9.17, 15) is 4.79 Å². The molecule has 22 heavy (non-hydrogen) atoms. The van der Waals surface area contributed by atoms with Crippen LogP contribution in [0.25, 0.3) is 0 Å². The van der Waals surface area contributed by atoms with E-state index in [1.165, 1.54) is 5.69 Å². The lowest BCUT2D eigenvalue weighted by Crippen LogP contribution is -2.43. The van der Waals surface area contributed by atoms with Crippen LogP contribution < -0.4 is 5.73 Å². The van der Waals surface area contributed by atoms with E-state index in [4.69, 9.17) is 5.73 Å². The molecule has 3 N–H and O–H groups in total. The van der Waals surface area contributed by atoms with E-state index in [1.807, 2.05) is 6.07 Å². The van der Waals surface area contributed by atoms with Gasteiger partial charge in [0.05, 0.1) is 0 Å². The first-order valence-electron chi connectivity index (χ1n) is 7.77. The van der Waals surface area contributed by atoms with Crippen molar-refractivity contribution < 1.29 is 4.79 Å². The number of carbonyl (C=O) groups excluding carboxylic acids is 1. The van der Waals surface area contributed by atoms with Crippen LogP contribution in [0.2, 0.25) is 0 Å². The van der Waals surface area contributed by atoms with Gasteiger partial charge in [-0.05, 0) is 44.2 Å². The van der Waals surface area contributed by atoms with Gasteiger partial charge in [-0.1, -0.05) is 6.42 Å². The van der Waals surface area contributed by atoms with E-state index in [0.29, 0.717) is 24.3 Å². The quantitative estimate of drug-likeness (QED) is 0.880. The molecule has 0 aromatic carbocycles. The molecule has 126 valence electrons. The molecule has 1 saturated heterocycles. The number of halogens is 2. The Morgan fingerprint density at radius 2 is 2.00 bits per heavy atom. The summed E-state index contributed by atoms with van der Waals surface area (Å²) >= 11 is 0. The van der Waals surface area contributed by atoms with Crippen molar-refractivity contribution >= 4 is 30.7 Å². The minimum absolute atomic E-state index is 0. The number of amides is 1. The van der Waals surface area contributed by atoms with Crippen molar-refractivity contribution in [2.75, 3.05) is 19.6 Å². The number of likely N-dealkylation sites (tertiary alicyclic amines) is 1. The molecular formula is C15H26Cl2N4O. The van der Waals surface area contributed by atoms with E-state index >= 15 is 0 Å². The number of hydrogen-bond donors (Lipinski definition) is 2. The van der Waals surface area contributed by atoms with Gasteiger partial charge < -0.3 is 10.6 Å². The number of nitrogens with one attached hydrogen (secondary N) is 1. The summed E-state index contributed by atoms with van der Waals surface area (Å²) in [4.78, 5) is 14.7. The third-order valence-corrected chi connectivity index (χ3v) is 5.05. The standard InChI is InChI=1S/C15H24N4O.2ClH/c16-10-12-2-1-3-13(12)15(20)19-8-5-11(6-9-19)14-4-7-17-18-14;;/h4,7,11-13H,1-3,5-6,8-10,16H2,(H,17,18);2*1H/t12-,13-;;/m1../s1. The van der Waals surface area contributed by atoms with Crippen LogP contribution in [0.3, 0.4) is 0 Å². The predicted molar refractivity (Wildman–Crippen MR) is 91.5 cm³/mol. The molecule has 1 aliphatic heterocycles. The molecule has 2 heterocycles. The number of piperidine rings is 1. The van der Waals surface area contributed by atoms with Crippen molar-refractivity contribution in [1.82, 2.24) is 15.1 Å². The number of nitrogens with two attached hydrogens (primary N) is 1. The van der Waals surface area contributed by atoms with Gasteiger partial charge in [0.25, 0.3) is 0 Å². The van der Waals surface area contributed by atoms with Crippen LogP contribution in [0.1, 0.15) is 43.7 Å². The molecule has 2 atom stereocenters. The lowest BCUT2D eigenvalue weighted by atomic mass is 9.90. The van der Waals surface area contributed by atoms with Gasteiger partial charge in [-0.3, -0.25) is 9.89 Å². The molecule has 1 aromatic rings. The van der Waals surface area contributed by atoms with Gasteiger partial charge in [0, 0.05) is 36.8 Å². The molecule has 3 rings (SSSR count). The second-order valence-electron chi connectivity index (χ2n) is 6.14. The van der Waals surface area contributed by atoms with Crippen molar-refractivity contribution in [2.24, 2.45) is 17.6 Å². The van der Waals surface area contributed by atoms with Crippen LogP contribution in [-0.2, 0) is 4.79 Å². The Kier molecular flexibility index (Phi) is 7.66. The highest BCUT2D eigenvalue weighted by Crippen LogP contribution is 2.34. The fourth-order valence-electron chi connectivity index (χ4n) is 3.78. The molecule has 1 aliphatic carbocycles. The number of aromatic nitrogens is 2. The van der Waals surface area contributed by atoms with E-state index < -0.39 is 0 Å². The van der Waals surface area contributed by atoms with Gasteiger partial charge in [-0.15, -0.1) is 24.8 Å². The summed E-state index contributed by atoms with van der Waals surface area (Å²) in [6.45, 7) is 2.40. The Balaban J connectivity index is 0.00000121. The highest BCUT2D eigenvalue weighted by Gasteiger charge is 2.36. The van der Waals surface area contributed by atoms with E-state index in [0.717, 1.165) is 45.2 Å². The fraction of sp³-hybridized carbons (Fsp3) is 0.733. The first kappa shape index (κ1) is 19.3. The monoisotopic (exact) mass is 348 g/mol. The van der Waals surface area contributed by atoms with Gasteiger partial charge in [-0.25, -0.2) is 0 Å². The summed E-state index contributed by atoms with van der Waals surface area (Å²) in [5, 5.41) is 7.07. The summed E-state index contributed by atoms with van der Waals surface area (Å²) in [6.07, 6.45) is 7.18. The van der Waals surface area contributed by atoms with Gasteiger partial charge in [0.2, 0.25) is 5.91 Å². The largest absolute Gasteiger partial charge is 0.342 e. The highest BCUT2D eigenvalue weighted by atomic mass is 35.5. The highest BCUT2D eigenvalue weighted by molar-refractivity contribution is 5.85. The van der Waals surface area contributed by atoms with Crippen molar-refractivity contribution in [1.29, 1.82) is 0 Å². The SMILES string of the molecule is Cl.Cl.NC[C@H]1CCC[C@H]1C(=O)N1CCC(c2ccn[nH]2)CC1. The van der Waals surface area contributed by atoms with Crippen molar-refractivity contribution in [2.45, 2.75) is 38.0 Å². The van der Waals surface area contributed by atoms with Crippen LogP contribution in [0.15, 0.2) is 12.3 Å². The minimum atomic E-state index is 0. The Labute approximate surface area is 144 Å². The molecule has 0 unspecified atom stereocenters. The first-order chi connectivity index (χ1) is 9.79. The molecule has 2 fully saturated rings. The number of hydrogen-bond acceptors (Lipinski definition) is 3. The van der Waals surface area contributed by atoms with Gasteiger partial charge in [0.15, 0.2) is 0 Å². The molecule has 5 nitrogen and oxygen atoms in total. The third-order valence-electron chi connectivity index (χ3n) is 5.05. The second-order valence-corrected chi connectivity index (χ2v) is 6.14. The Hall–Kier alpha value is -0.780. The maximum absolute atomic E-state index is 12.6. The van der Waals surface area contributed by atoms with Crippen LogP contribution in [0, 0.1) is 11.8 Å². The number of carbonyl (C=O) groups is 1. The zero-order chi connectivity index (χ0) is 13.9. The lowest BCUT2D eigenvalue weighted by Gasteiger charge is -2.34. The average Bonchev–Trinajstić information content (AvgIpc) is 3.17. The number of aromatic amines is 1. The molecule has 1 amide bonds. The Morgan fingerprint density at radius 1 is 1.27 bits per heavy atom. The molecule has 2 aliphatic rings. The van der Waals surface area contributed by atoms with Gasteiger partial charge in [0.1, 0.15) is 0 Å². The molecule has 1 aromatic heterocycles. The summed E-state index contributed by atoms with van der Waals surface area (Å²) in [5.41, 5.74) is 7.00. The lowest BCUT2D eigenvalue weighted by molar-refractivity contribution is -0.137. The summed E-state index contributed by atoms with van der Waals surface area (Å²) in [5.74, 6) is 1.47. The van der Waals surface area contributed by atoms with Crippen molar-refractivity contribution in [3.63, 3.8) is 0 Å². The van der Waals surface area contributed by atoms with Crippen LogP contribution in [0.5, 0.6) is 0 Å². The maximum atomic E-state index is 12.6. The van der Waals surface area contributed by atoms with E-state index in [1.54, 1.807) is 6.20 Å². The number of nitrogens with zero attached hydrogens (tertiary/aromatic N) is 2. The van der Waals surface area contributed by atoms with E-state index in [2.05, 4.69) is 15.1 Å². The summed E-state index contributed by atoms with van der Waals surface area (Å²) in [7, 11) is 0. The van der Waals surface area contributed by atoms with Crippen LogP contribution >= 0.6 is 24.8 Å². The fourth-order valence-corrected chi connectivity index (χ4v) is 3.78. The zero-order valence-corrected chi connectivity index (χ0v) is 14.4. The van der Waals surface area contributed by atoms with Crippen molar-refractivity contribution in [3.8, 4) is 0 Å². The van der Waals surface area contributed by atoms with Gasteiger partial charge in [-0.2, -0.15) is 5.10 Å². The molecule has 0 radical (unpaired) electrons. The smallest absolute Gasteiger partial charge is 0.226 e. The minimum Gasteiger partial charge on any atom is -0.342 e. The first-order valence-corrected chi connectivity index (χ1v) is 7.77. The molecule has 7 heteroatoms. The second kappa shape index (κ2) is 8.75. The van der Waals surface area contributed by atoms with Crippen LogP contribution in [-0.4, -0.2) is 40.6 Å². The predicted octanol–water partition coefficient (Wildman–Crippen LogP) is 2.33. The third kappa shape index (κ3) is 3.94. The normalized spacial score (nSPS) is 25.4. The molecule has 1 saturated carbocycles. The van der Waals surface area contributed by atoms with Crippen molar-refractivity contribution in [3.05, 3.63) is 18.0 Å². The Morgan fingerprint density at radius 3 is 2.59 bits per heavy atom.